The van der Waals surface area contributed by atoms with Crippen LogP contribution in [0.4, 0.5) is 0 Å². The van der Waals surface area contributed by atoms with Gasteiger partial charge in [-0.1, -0.05) is 12.1 Å². The largest absolute Gasteiger partial charge is 0.465 e. The van der Waals surface area contributed by atoms with Crippen molar-refractivity contribution in [2.24, 2.45) is 5.73 Å². The minimum absolute atomic E-state index is 0.355. The number of hydrogen-bond donors (Lipinski definition) is 1. The van der Waals surface area contributed by atoms with Gasteiger partial charge in [-0.15, -0.1) is 0 Å². The van der Waals surface area contributed by atoms with E-state index in [1.54, 1.807) is 6.92 Å². The number of esters is 1. The molecule has 4 nitrogen and oxygen atoms in total. The van der Waals surface area contributed by atoms with Crippen LogP contribution in [0.3, 0.4) is 0 Å². The first-order chi connectivity index (χ1) is 9.10. The lowest BCUT2D eigenvalue weighted by Gasteiger charge is -2.11. The van der Waals surface area contributed by atoms with Crippen molar-refractivity contribution in [1.29, 1.82) is 0 Å². The SMILES string of the molecule is CCOC(=O)[C@@H](N)Cc1ccc2nc(C)ccc2c1. The van der Waals surface area contributed by atoms with Crippen LogP contribution in [0.15, 0.2) is 30.3 Å². The van der Waals surface area contributed by atoms with Crippen LogP contribution < -0.4 is 5.73 Å². The lowest BCUT2D eigenvalue weighted by atomic mass is 10.0. The Morgan fingerprint density at radius 3 is 2.89 bits per heavy atom. The van der Waals surface area contributed by atoms with E-state index in [1.807, 2.05) is 37.3 Å². The molecule has 0 aliphatic heterocycles. The fourth-order valence-electron chi connectivity index (χ4n) is 1.99. The van der Waals surface area contributed by atoms with Crippen molar-refractivity contribution in [2.75, 3.05) is 6.61 Å². The minimum atomic E-state index is -0.615. The van der Waals surface area contributed by atoms with Gasteiger partial charge in [0.15, 0.2) is 0 Å². The van der Waals surface area contributed by atoms with Gasteiger partial charge in [-0.05, 0) is 44.0 Å². The Balaban J connectivity index is 2.17. The van der Waals surface area contributed by atoms with E-state index >= 15 is 0 Å². The topological polar surface area (TPSA) is 65.2 Å². The molecule has 0 saturated heterocycles. The molecule has 1 aromatic heterocycles. The minimum Gasteiger partial charge on any atom is -0.465 e. The van der Waals surface area contributed by atoms with E-state index < -0.39 is 6.04 Å². The first-order valence-corrected chi connectivity index (χ1v) is 6.38. The van der Waals surface area contributed by atoms with E-state index in [4.69, 9.17) is 10.5 Å². The number of aryl methyl sites for hydroxylation is 1. The Morgan fingerprint density at radius 1 is 1.37 bits per heavy atom. The summed E-state index contributed by atoms with van der Waals surface area (Å²) >= 11 is 0. The molecule has 2 aromatic rings. The number of pyridine rings is 1. The first kappa shape index (κ1) is 13.5. The van der Waals surface area contributed by atoms with E-state index in [2.05, 4.69) is 4.98 Å². The highest BCUT2D eigenvalue weighted by Gasteiger charge is 2.15. The highest BCUT2D eigenvalue weighted by molar-refractivity contribution is 5.80. The summed E-state index contributed by atoms with van der Waals surface area (Å²) in [5, 5.41) is 1.05. The maximum Gasteiger partial charge on any atom is 0.323 e. The molecule has 0 spiro atoms. The zero-order valence-electron chi connectivity index (χ0n) is 11.2. The third-order valence-corrected chi connectivity index (χ3v) is 2.94. The molecule has 0 aliphatic carbocycles. The number of carbonyl (C=O) groups excluding carboxylic acids is 1. The van der Waals surface area contributed by atoms with Crippen LogP contribution in [0, 0.1) is 6.92 Å². The fourth-order valence-corrected chi connectivity index (χ4v) is 1.99. The molecule has 0 aliphatic rings. The molecule has 2 N–H and O–H groups in total. The number of hydrogen-bond acceptors (Lipinski definition) is 4. The summed E-state index contributed by atoms with van der Waals surface area (Å²) in [5.74, 6) is -0.357. The number of benzene rings is 1. The van der Waals surface area contributed by atoms with E-state index in [0.29, 0.717) is 13.0 Å². The summed E-state index contributed by atoms with van der Waals surface area (Å²) in [6.07, 6.45) is 0.475. The molecule has 19 heavy (non-hydrogen) atoms. The van der Waals surface area contributed by atoms with Crippen LogP contribution in [-0.4, -0.2) is 23.6 Å². The zero-order chi connectivity index (χ0) is 13.8. The van der Waals surface area contributed by atoms with Crippen molar-refractivity contribution in [2.45, 2.75) is 26.3 Å². The number of ether oxygens (including phenoxy) is 1. The molecule has 0 bridgehead atoms. The average molecular weight is 258 g/mol. The quantitative estimate of drug-likeness (QED) is 0.852. The number of carbonyl (C=O) groups is 1. The van der Waals surface area contributed by atoms with Crippen LogP contribution in [0.5, 0.6) is 0 Å². The Labute approximate surface area is 112 Å². The summed E-state index contributed by atoms with van der Waals surface area (Å²) in [6, 6.07) is 9.30. The Kier molecular flexibility index (Phi) is 4.12. The molecule has 2 rings (SSSR count). The third-order valence-electron chi connectivity index (χ3n) is 2.94. The fraction of sp³-hybridized carbons (Fsp3) is 0.333. The number of aromatic nitrogens is 1. The molecule has 0 fully saturated rings. The van der Waals surface area contributed by atoms with E-state index in [9.17, 15) is 4.79 Å². The summed E-state index contributed by atoms with van der Waals surface area (Å²) in [6.45, 7) is 4.09. The number of nitrogens with two attached hydrogens (primary N) is 1. The Hall–Kier alpha value is -1.94. The van der Waals surface area contributed by atoms with Crippen molar-refractivity contribution in [3.63, 3.8) is 0 Å². The van der Waals surface area contributed by atoms with E-state index in [1.165, 1.54) is 0 Å². The van der Waals surface area contributed by atoms with Crippen LogP contribution in [0.2, 0.25) is 0 Å². The summed E-state index contributed by atoms with van der Waals surface area (Å²) in [5.41, 5.74) is 8.77. The van der Waals surface area contributed by atoms with Crippen LogP contribution >= 0.6 is 0 Å². The molecule has 4 heteroatoms. The first-order valence-electron chi connectivity index (χ1n) is 6.38. The number of rotatable bonds is 4. The average Bonchev–Trinajstić information content (AvgIpc) is 2.39. The van der Waals surface area contributed by atoms with E-state index in [0.717, 1.165) is 22.2 Å². The van der Waals surface area contributed by atoms with Gasteiger partial charge in [-0.3, -0.25) is 9.78 Å². The summed E-state index contributed by atoms with van der Waals surface area (Å²) in [7, 11) is 0. The standard InChI is InChI=1S/C15H18N2O2/c1-3-19-15(18)13(16)9-11-5-7-14-12(8-11)6-4-10(2)17-14/h4-8,13H,3,9,16H2,1-2H3/t13-/m0/s1. The zero-order valence-corrected chi connectivity index (χ0v) is 11.2. The van der Waals surface area contributed by atoms with Gasteiger partial charge in [-0.2, -0.15) is 0 Å². The second-order valence-corrected chi connectivity index (χ2v) is 4.54. The lowest BCUT2D eigenvalue weighted by Crippen LogP contribution is -2.34. The van der Waals surface area contributed by atoms with Crippen molar-refractivity contribution in [3.8, 4) is 0 Å². The monoisotopic (exact) mass is 258 g/mol. The van der Waals surface area contributed by atoms with Gasteiger partial charge in [0.1, 0.15) is 6.04 Å². The molecule has 100 valence electrons. The molecule has 0 amide bonds. The highest BCUT2D eigenvalue weighted by atomic mass is 16.5. The van der Waals surface area contributed by atoms with Crippen molar-refractivity contribution in [1.82, 2.24) is 4.98 Å². The molecule has 0 saturated carbocycles. The van der Waals surface area contributed by atoms with Crippen molar-refractivity contribution < 1.29 is 9.53 Å². The van der Waals surface area contributed by atoms with Gasteiger partial charge in [-0.25, -0.2) is 0 Å². The maximum absolute atomic E-state index is 11.5. The summed E-state index contributed by atoms with van der Waals surface area (Å²) in [4.78, 5) is 15.9. The van der Waals surface area contributed by atoms with Crippen LogP contribution in [0.25, 0.3) is 10.9 Å². The molecule has 0 radical (unpaired) electrons. The Bertz CT molecular complexity index is 596. The summed E-state index contributed by atoms with van der Waals surface area (Å²) < 4.78 is 4.90. The predicted octanol–water partition coefficient (Wildman–Crippen LogP) is 1.98. The predicted molar refractivity (Wildman–Crippen MR) is 74.8 cm³/mol. The van der Waals surface area contributed by atoms with Gasteiger partial charge < -0.3 is 10.5 Å². The maximum atomic E-state index is 11.5. The molecule has 1 atom stereocenters. The van der Waals surface area contributed by atoms with Crippen LogP contribution in [-0.2, 0) is 16.0 Å². The van der Waals surface area contributed by atoms with Crippen molar-refractivity contribution >= 4 is 16.9 Å². The smallest absolute Gasteiger partial charge is 0.323 e. The molecular weight excluding hydrogens is 240 g/mol. The number of nitrogens with zero attached hydrogens (tertiary/aromatic N) is 1. The second kappa shape index (κ2) is 5.80. The van der Waals surface area contributed by atoms with Gasteiger partial charge in [0.2, 0.25) is 0 Å². The van der Waals surface area contributed by atoms with Gasteiger partial charge in [0.25, 0.3) is 0 Å². The molecule has 1 aromatic carbocycles. The van der Waals surface area contributed by atoms with Crippen LogP contribution in [0.1, 0.15) is 18.2 Å². The number of fused-ring (bicyclic) bond motifs is 1. The normalized spacial score (nSPS) is 12.4. The molecule has 0 unspecified atom stereocenters. The lowest BCUT2D eigenvalue weighted by molar-refractivity contribution is -0.144. The Morgan fingerprint density at radius 2 is 2.16 bits per heavy atom. The van der Waals surface area contributed by atoms with Gasteiger partial charge >= 0.3 is 5.97 Å². The molecular formula is C15H18N2O2. The third kappa shape index (κ3) is 3.29. The van der Waals surface area contributed by atoms with Gasteiger partial charge in [0, 0.05) is 11.1 Å². The van der Waals surface area contributed by atoms with Gasteiger partial charge in [0.05, 0.1) is 12.1 Å². The molecule has 1 heterocycles. The second-order valence-electron chi connectivity index (χ2n) is 4.54. The van der Waals surface area contributed by atoms with Crippen molar-refractivity contribution in [3.05, 3.63) is 41.6 Å². The van der Waals surface area contributed by atoms with E-state index in [-0.39, 0.29) is 5.97 Å². The highest BCUT2D eigenvalue weighted by Crippen LogP contribution is 2.15.